The fraction of sp³-hybridized carbons (Fsp3) is 0.889. The molecule has 3 heterocycles. The Morgan fingerprint density at radius 3 is 1.57 bits per heavy atom. The minimum atomic E-state index is -2.17. The Bertz CT molecular complexity index is 765. The first-order valence-corrected chi connectivity index (χ1v) is 10.4. The van der Waals surface area contributed by atoms with Crippen molar-refractivity contribution in [1.29, 1.82) is 0 Å². The average molecular weight is 516 g/mol. The van der Waals surface area contributed by atoms with Crippen LogP contribution in [0.5, 0.6) is 0 Å². The molecule has 202 valence electrons. The van der Waals surface area contributed by atoms with Gasteiger partial charge in [-0.1, -0.05) is 0 Å². The van der Waals surface area contributed by atoms with Crippen LogP contribution in [0.25, 0.3) is 0 Å². The van der Waals surface area contributed by atoms with E-state index in [4.69, 9.17) is 28.8 Å². The molecule has 3 rings (SSSR count). The second kappa shape index (κ2) is 10.8. The van der Waals surface area contributed by atoms with Crippen LogP contribution in [0.2, 0.25) is 0 Å². The van der Waals surface area contributed by atoms with Crippen LogP contribution in [-0.4, -0.2) is 155 Å². The fourth-order valence-electron chi connectivity index (χ4n) is 3.94. The lowest BCUT2D eigenvalue weighted by Crippen LogP contribution is -2.67. The highest BCUT2D eigenvalue weighted by Crippen LogP contribution is 2.32. The Kier molecular flexibility index (Phi) is 8.65. The molecule has 10 N–H and O–H groups in total. The summed E-state index contributed by atoms with van der Waals surface area (Å²) in [5, 5.41) is 99.5. The van der Waals surface area contributed by atoms with Crippen molar-refractivity contribution in [2.45, 2.75) is 99.0 Å². The van der Waals surface area contributed by atoms with E-state index in [0.29, 0.717) is 0 Å². The third-order valence-corrected chi connectivity index (χ3v) is 5.99. The minimum Gasteiger partial charge on any atom is -0.479 e. The van der Waals surface area contributed by atoms with Crippen molar-refractivity contribution in [2.75, 3.05) is 0 Å². The van der Waals surface area contributed by atoms with Crippen molar-refractivity contribution in [3.63, 3.8) is 0 Å². The molecule has 3 aliphatic heterocycles. The standard InChI is InChI=1S/C18H28O17/c1-2-3(19)5(21)12(16(30)31-2)34-18-13(8(24)7(23)11(33-18)15(28)29)35-17-9(25)4(20)6(22)10(32-17)14(26)27/h2-13,16-25,30H,1H3,(H,26,27)(H,28,29)/t2-,3-,4-,5+,6-,7-,8-,9+,10-,11-,12+,13+,16?,17-,18-/m0/s1. The summed E-state index contributed by atoms with van der Waals surface area (Å²) in [6, 6.07) is 0. The largest absolute Gasteiger partial charge is 0.479 e. The van der Waals surface area contributed by atoms with Gasteiger partial charge in [0.2, 0.25) is 0 Å². The number of aliphatic carboxylic acids is 2. The Morgan fingerprint density at radius 1 is 0.571 bits per heavy atom. The van der Waals surface area contributed by atoms with Gasteiger partial charge in [0.1, 0.15) is 54.9 Å². The predicted octanol–water partition coefficient (Wildman–Crippen LogP) is -6.36. The first-order chi connectivity index (χ1) is 16.3. The van der Waals surface area contributed by atoms with Crippen LogP contribution in [0.3, 0.4) is 0 Å². The number of hydrogen-bond donors (Lipinski definition) is 10. The van der Waals surface area contributed by atoms with Crippen LogP contribution >= 0.6 is 0 Å². The van der Waals surface area contributed by atoms with Gasteiger partial charge in [-0.3, -0.25) is 0 Å². The zero-order valence-electron chi connectivity index (χ0n) is 18.0. The maximum atomic E-state index is 11.5. The first kappa shape index (κ1) is 28.0. The lowest BCUT2D eigenvalue weighted by atomic mass is 9.96. The van der Waals surface area contributed by atoms with E-state index in [0.717, 1.165) is 0 Å². The number of carboxylic acid groups (broad SMARTS) is 2. The smallest absolute Gasteiger partial charge is 0.335 e. The van der Waals surface area contributed by atoms with Crippen LogP contribution in [0.1, 0.15) is 6.92 Å². The van der Waals surface area contributed by atoms with Crippen LogP contribution in [0, 0.1) is 0 Å². The molecule has 3 fully saturated rings. The van der Waals surface area contributed by atoms with E-state index in [-0.39, 0.29) is 0 Å². The van der Waals surface area contributed by atoms with E-state index in [1.165, 1.54) is 6.92 Å². The zero-order chi connectivity index (χ0) is 26.4. The number of aliphatic hydroxyl groups excluding tert-OH is 8. The SMILES string of the molecule is C[C@@H]1OC(O)[C@H](O[C@@H]2O[C@H](C(=O)O)[C@@H](O)[C@H](O)[C@H]2O[C@@H]2O[C@H](C(=O)O)[C@@H](O)[C@H](O)[C@H]2O)[C@H](O)[C@H]1O. The maximum absolute atomic E-state index is 11.5. The molecule has 0 spiro atoms. The van der Waals surface area contributed by atoms with E-state index in [1.807, 2.05) is 0 Å². The molecule has 1 unspecified atom stereocenters. The Labute approximate surface area is 196 Å². The van der Waals surface area contributed by atoms with E-state index in [2.05, 4.69) is 0 Å². The van der Waals surface area contributed by atoms with E-state index >= 15 is 0 Å². The summed E-state index contributed by atoms with van der Waals surface area (Å²) in [6.07, 6.45) is -29.0. The van der Waals surface area contributed by atoms with Gasteiger partial charge in [0.25, 0.3) is 0 Å². The van der Waals surface area contributed by atoms with Crippen molar-refractivity contribution in [3.8, 4) is 0 Å². The van der Waals surface area contributed by atoms with Gasteiger partial charge in [-0.2, -0.15) is 0 Å². The first-order valence-electron chi connectivity index (χ1n) is 10.4. The lowest BCUT2D eigenvalue weighted by molar-refractivity contribution is -0.384. The van der Waals surface area contributed by atoms with Gasteiger partial charge < -0.3 is 74.7 Å². The number of aliphatic hydroxyl groups is 8. The number of ether oxygens (including phenoxy) is 5. The van der Waals surface area contributed by atoms with Crippen molar-refractivity contribution in [1.82, 2.24) is 0 Å². The maximum Gasteiger partial charge on any atom is 0.335 e. The highest BCUT2D eigenvalue weighted by atomic mass is 16.8. The van der Waals surface area contributed by atoms with Gasteiger partial charge >= 0.3 is 11.9 Å². The topological polar surface area (TPSA) is 283 Å². The predicted molar refractivity (Wildman–Crippen MR) is 101 cm³/mol. The molecular formula is C18H28O17. The third kappa shape index (κ3) is 5.42. The van der Waals surface area contributed by atoms with E-state index in [9.17, 15) is 55.5 Å². The molecule has 3 saturated heterocycles. The summed E-state index contributed by atoms with van der Waals surface area (Å²) in [6.45, 7) is 1.33. The Hall–Kier alpha value is -1.58. The highest BCUT2D eigenvalue weighted by molar-refractivity contribution is 5.73. The molecule has 0 aromatic rings. The molecule has 0 aromatic heterocycles. The summed E-state index contributed by atoms with van der Waals surface area (Å²) in [5.41, 5.74) is 0. The van der Waals surface area contributed by atoms with Gasteiger partial charge in [-0.25, -0.2) is 9.59 Å². The van der Waals surface area contributed by atoms with Gasteiger partial charge in [0.05, 0.1) is 6.10 Å². The summed E-state index contributed by atoms with van der Waals surface area (Å²) in [4.78, 5) is 22.8. The second-order valence-corrected chi connectivity index (χ2v) is 8.39. The molecule has 0 saturated carbocycles. The van der Waals surface area contributed by atoms with Gasteiger partial charge in [-0.15, -0.1) is 0 Å². The number of rotatable bonds is 6. The van der Waals surface area contributed by atoms with E-state index < -0.39 is 104 Å². The van der Waals surface area contributed by atoms with Gasteiger partial charge in [0, 0.05) is 0 Å². The molecule has 17 nitrogen and oxygen atoms in total. The molecule has 0 amide bonds. The molecule has 15 atom stereocenters. The second-order valence-electron chi connectivity index (χ2n) is 8.39. The number of carbonyl (C=O) groups is 2. The molecule has 35 heavy (non-hydrogen) atoms. The molecule has 0 radical (unpaired) electrons. The minimum absolute atomic E-state index is 1.04. The average Bonchev–Trinajstić information content (AvgIpc) is 2.78. The molecular weight excluding hydrogens is 488 g/mol. The van der Waals surface area contributed by atoms with Crippen molar-refractivity contribution >= 4 is 11.9 Å². The lowest BCUT2D eigenvalue weighted by Gasteiger charge is -2.47. The molecule has 3 aliphatic rings. The number of hydrogen-bond acceptors (Lipinski definition) is 15. The van der Waals surface area contributed by atoms with Gasteiger partial charge in [0.15, 0.2) is 31.1 Å². The number of carboxylic acids is 2. The Balaban J connectivity index is 1.87. The molecule has 17 heteroatoms. The van der Waals surface area contributed by atoms with E-state index in [1.54, 1.807) is 0 Å². The van der Waals surface area contributed by atoms with Crippen LogP contribution in [0.15, 0.2) is 0 Å². The summed E-state index contributed by atoms with van der Waals surface area (Å²) in [5.74, 6) is -3.50. The van der Waals surface area contributed by atoms with Crippen molar-refractivity contribution in [3.05, 3.63) is 0 Å². The van der Waals surface area contributed by atoms with Crippen molar-refractivity contribution in [2.24, 2.45) is 0 Å². The summed E-state index contributed by atoms with van der Waals surface area (Å²) in [7, 11) is 0. The quantitative estimate of drug-likeness (QED) is 0.157. The normalized spacial score (nSPS) is 51.1. The highest BCUT2D eigenvalue weighted by Gasteiger charge is 2.55. The zero-order valence-corrected chi connectivity index (χ0v) is 18.0. The molecule has 0 bridgehead atoms. The Morgan fingerprint density at radius 2 is 1.03 bits per heavy atom. The van der Waals surface area contributed by atoms with Crippen LogP contribution in [-0.2, 0) is 33.3 Å². The van der Waals surface area contributed by atoms with Crippen LogP contribution in [0.4, 0.5) is 0 Å². The fourth-order valence-corrected chi connectivity index (χ4v) is 3.94. The monoisotopic (exact) mass is 516 g/mol. The van der Waals surface area contributed by atoms with Crippen LogP contribution < -0.4 is 0 Å². The summed E-state index contributed by atoms with van der Waals surface area (Å²) >= 11 is 0. The molecule has 0 aromatic carbocycles. The third-order valence-electron chi connectivity index (χ3n) is 5.99. The molecule has 0 aliphatic carbocycles. The van der Waals surface area contributed by atoms with Crippen molar-refractivity contribution < 1.29 is 84.3 Å². The summed E-state index contributed by atoms with van der Waals surface area (Å²) < 4.78 is 25.7. The van der Waals surface area contributed by atoms with Gasteiger partial charge in [-0.05, 0) is 6.92 Å².